The van der Waals surface area contributed by atoms with Crippen LogP contribution >= 0.6 is 0 Å². The molecule has 3 aromatic rings. The first-order valence-electron chi connectivity index (χ1n) is 6.49. The van der Waals surface area contributed by atoms with E-state index in [4.69, 9.17) is 4.74 Å². The first-order valence-corrected chi connectivity index (χ1v) is 6.49. The van der Waals surface area contributed by atoms with Gasteiger partial charge < -0.3 is 10.1 Å². The quantitative estimate of drug-likeness (QED) is 0.730. The number of anilines is 1. The highest BCUT2D eigenvalue weighted by Gasteiger charge is 2.03. The smallest absolute Gasteiger partial charge is 0.315 e. The average molecular weight is 294 g/mol. The van der Waals surface area contributed by atoms with Gasteiger partial charge in [0.25, 0.3) is 0 Å². The van der Waals surface area contributed by atoms with Gasteiger partial charge in [-0.05, 0) is 25.1 Å². The van der Waals surface area contributed by atoms with E-state index in [9.17, 15) is 4.79 Å². The van der Waals surface area contributed by atoms with Crippen molar-refractivity contribution in [2.75, 3.05) is 5.32 Å². The second-order valence-electron chi connectivity index (χ2n) is 4.48. The molecule has 3 aromatic heterocycles. The van der Waals surface area contributed by atoms with Crippen molar-refractivity contribution < 1.29 is 9.53 Å². The Labute approximate surface area is 126 Å². The standard InChI is InChI=1S/C15H12N5O2/c1-11-8-20(9-18-11)15-6-12(4-5-16-15)22-13-2-3-14(17-7-13)19-10-21/h2-9H,1H3,(H,17,19,21). The third kappa shape index (κ3) is 3.09. The molecule has 3 heterocycles. The van der Waals surface area contributed by atoms with Crippen LogP contribution in [0.1, 0.15) is 5.69 Å². The van der Waals surface area contributed by atoms with Crippen molar-refractivity contribution in [2.24, 2.45) is 0 Å². The molecule has 0 aliphatic rings. The maximum absolute atomic E-state index is 10.2. The molecule has 1 N–H and O–H groups in total. The number of aryl methyl sites for hydroxylation is 1. The van der Waals surface area contributed by atoms with Gasteiger partial charge in [0.05, 0.1) is 11.9 Å². The van der Waals surface area contributed by atoms with Gasteiger partial charge in [0.1, 0.15) is 29.5 Å². The van der Waals surface area contributed by atoms with Gasteiger partial charge in [0.2, 0.25) is 0 Å². The van der Waals surface area contributed by atoms with E-state index in [0.717, 1.165) is 5.69 Å². The fourth-order valence-electron chi connectivity index (χ4n) is 1.85. The monoisotopic (exact) mass is 294 g/mol. The molecule has 7 heteroatoms. The number of aromatic nitrogens is 4. The number of imidazole rings is 1. The van der Waals surface area contributed by atoms with E-state index in [2.05, 4.69) is 20.3 Å². The molecule has 0 aromatic carbocycles. The lowest BCUT2D eigenvalue weighted by Crippen LogP contribution is -1.97. The molecule has 1 amide bonds. The molecule has 0 aliphatic carbocycles. The maximum Gasteiger partial charge on any atom is 0.315 e. The Morgan fingerprint density at radius 1 is 1.18 bits per heavy atom. The minimum absolute atomic E-state index is 0.409. The summed E-state index contributed by atoms with van der Waals surface area (Å²) in [5.74, 6) is 2.29. The van der Waals surface area contributed by atoms with Crippen molar-refractivity contribution in [1.82, 2.24) is 19.5 Å². The van der Waals surface area contributed by atoms with Gasteiger partial charge in [-0.15, -0.1) is 0 Å². The zero-order chi connectivity index (χ0) is 15.4. The van der Waals surface area contributed by atoms with Crippen molar-refractivity contribution in [1.29, 1.82) is 0 Å². The molecule has 1 radical (unpaired) electrons. The molecule has 7 nitrogen and oxygen atoms in total. The summed E-state index contributed by atoms with van der Waals surface area (Å²) in [6.45, 7) is 1.91. The Morgan fingerprint density at radius 3 is 2.77 bits per heavy atom. The van der Waals surface area contributed by atoms with E-state index < -0.39 is 0 Å². The molecule has 0 saturated carbocycles. The van der Waals surface area contributed by atoms with Crippen LogP contribution < -0.4 is 10.1 Å². The van der Waals surface area contributed by atoms with Crippen LogP contribution in [0.15, 0.2) is 49.2 Å². The number of hydrogen-bond donors (Lipinski definition) is 1. The maximum atomic E-state index is 10.2. The summed E-state index contributed by atoms with van der Waals surface area (Å²) < 4.78 is 7.53. The number of amides is 1. The van der Waals surface area contributed by atoms with Gasteiger partial charge in [-0.3, -0.25) is 9.36 Å². The number of nitrogens with one attached hydrogen (secondary N) is 1. The van der Waals surface area contributed by atoms with Crippen LogP contribution in [0.5, 0.6) is 11.5 Å². The summed E-state index contributed by atoms with van der Waals surface area (Å²) in [5.41, 5.74) is 0.910. The first kappa shape index (κ1) is 13.7. The zero-order valence-electron chi connectivity index (χ0n) is 11.7. The molecule has 0 aliphatic heterocycles. The number of carbonyl (C=O) groups excluding carboxylic acids is 1. The van der Waals surface area contributed by atoms with Crippen molar-refractivity contribution in [2.45, 2.75) is 6.92 Å². The SMILES string of the molecule is Cc1cn(-c2cc(Oc3ccc(N[C]=O)nc3)ccn2)cn1. The van der Waals surface area contributed by atoms with E-state index >= 15 is 0 Å². The fraction of sp³-hybridized carbons (Fsp3) is 0.0667. The van der Waals surface area contributed by atoms with Crippen molar-refractivity contribution >= 4 is 12.2 Å². The largest absolute Gasteiger partial charge is 0.456 e. The predicted octanol–water partition coefficient (Wildman–Crippen LogP) is 2.24. The molecular formula is C15H12N5O2. The van der Waals surface area contributed by atoms with E-state index in [1.165, 1.54) is 6.20 Å². The van der Waals surface area contributed by atoms with Gasteiger partial charge in [-0.2, -0.15) is 0 Å². The number of nitrogens with zero attached hydrogens (tertiary/aromatic N) is 4. The van der Waals surface area contributed by atoms with Crippen LogP contribution in [0, 0.1) is 6.92 Å². The van der Waals surface area contributed by atoms with Gasteiger partial charge in [-0.1, -0.05) is 0 Å². The minimum Gasteiger partial charge on any atom is -0.456 e. The Bertz CT molecular complexity index is 783. The van der Waals surface area contributed by atoms with Gasteiger partial charge in [0.15, 0.2) is 0 Å². The number of pyridine rings is 2. The average Bonchev–Trinajstić information content (AvgIpc) is 2.97. The van der Waals surface area contributed by atoms with Crippen LogP contribution in [0.25, 0.3) is 5.82 Å². The van der Waals surface area contributed by atoms with Crippen LogP contribution in [0.4, 0.5) is 5.82 Å². The van der Waals surface area contributed by atoms with Gasteiger partial charge >= 0.3 is 6.41 Å². The highest BCUT2D eigenvalue weighted by Crippen LogP contribution is 2.22. The lowest BCUT2D eigenvalue weighted by atomic mass is 10.4. The van der Waals surface area contributed by atoms with E-state index in [1.54, 1.807) is 43.2 Å². The fourth-order valence-corrected chi connectivity index (χ4v) is 1.85. The van der Waals surface area contributed by atoms with Crippen molar-refractivity contribution in [3.63, 3.8) is 0 Å². The topological polar surface area (TPSA) is 81.9 Å². The normalized spacial score (nSPS) is 10.2. The highest BCUT2D eigenvalue weighted by atomic mass is 16.5. The Morgan fingerprint density at radius 2 is 2.09 bits per heavy atom. The number of ether oxygens (including phenoxy) is 1. The van der Waals surface area contributed by atoms with Gasteiger partial charge in [0, 0.05) is 18.5 Å². The zero-order valence-corrected chi connectivity index (χ0v) is 11.7. The third-order valence-electron chi connectivity index (χ3n) is 2.84. The molecule has 0 fully saturated rings. The van der Waals surface area contributed by atoms with E-state index in [0.29, 0.717) is 23.1 Å². The second kappa shape index (κ2) is 6.04. The molecule has 109 valence electrons. The lowest BCUT2D eigenvalue weighted by molar-refractivity contribution is 0.479. The van der Waals surface area contributed by atoms with Crippen molar-refractivity contribution in [3.05, 3.63) is 54.9 Å². The highest BCUT2D eigenvalue weighted by molar-refractivity contribution is 5.69. The number of hydrogen-bond acceptors (Lipinski definition) is 5. The van der Waals surface area contributed by atoms with Crippen LogP contribution in [-0.4, -0.2) is 25.9 Å². The van der Waals surface area contributed by atoms with Crippen molar-refractivity contribution in [3.8, 4) is 17.3 Å². The van der Waals surface area contributed by atoms with Crippen LogP contribution in [-0.2, 0) is 4.79 Å². The molecule has 3 rings (SSSR count). The van der Waals surface area contributed by atoms with Gasteiger partial charge in [-0.25, -0.2) is 15.0 Å². The summed E-state index contributed by atoms with van der Waals surface area (Å²) >= 11 is 0. The third-order valence-corrected chi connectivity index (χ3v) is 2.84. The Balaban J connectivity index is 1.79. The molecule has 0 atom stereocenters. The first-order chi connectivity index (χ1) is 10.7. The second-order valence-corrected chi connectivity index (χ2v) is 4.48. The molecular weight excluding hydrogens is 282 g/mol. The van der Waals surface area contributed by atoms with Crippen LogP contribution in [0.2, 0.25) is 0 Å². The molecule has 0 spiro atoms. The number of rotatable bonds is 5. The summed E-state index contributed by atoms with van der Waals surface area (Å²) in [4.78, 5) is 22.7. The van der Waals surface area contributed by atoms with E-state index in [1.807, 2.05) is 17.7 Å². The van der Waals surface area contributed by atoms with E-state index in [-0.39, 0.29) is 0 Å². The molecule has 22 heavy (non-hydrogen) atoms. The molecule has 0 saturated heterocycles. The molecule has 0 bridgehead atoms. The summed E-state index contributed by atoms with van der Waals surface area (Å²) in [5, 5.41) is 2.34. The van der Waals surface area contributed by atoms with Crippen LogP contribution in [0.3, 0.4) is 0 Å². The summed E-state index contributed by atoms with van der Waals surface area (Å²) in [6, 6.07) is 6.88. The summed E-state index contributed by atoms with van der Waals surface area (Å²) in [6.07, 6.45) is 8.31. The summed E-state index contributed by atoms with van der Waals surface area (Å²) in [7, 11) is 0. The molecule has 0 unspecified atom stereocenters. The minimum atomic E-state index is 0.409. The Hall–Kier alpha value is -3.22. The lowest BCUT2D eigenvalue weighted by Gasteiger charge is -2.07. The predicted molar refractivity (Wildman–Crippen MR) is 79.7 cm³/mol. The Kier molecular flexibility index (Phi) is 3.78.